The van der Waals surface area contributed by atoms with Crippen molar-refractivity contribution in [1.29, 1.82) is 0 Å². The Bertz CT molecular complexity index is 541. The van der Waals surface area contributed by atoms with Crippen molar-refractivity contribution < 1.29 is 9.59 Å². The van der Waals surface area contributed by atoms with Gasteiger partial charge < -0.3 is 15.1 Å². The molecule has 0 radical (unpaired) electrons. The molecule has 1 heterocycles. The number of carbonyl (C=O) groups excluding carboxylic acids is 2. The highest BCUT2D eigenvalue weighted by Crippen LogP contribution is 2.28. The van der Waals surface area contributed by atoms with Crippen molar-refractivity contribution in [1.82, 2.24) is 10.2 Å². The number of rotatable bonds is 5. The molecule has 0 spiro atoms. The molecule has 5 nitrogen and oxygen atoms in total. The zero-order valence-electron chi connectivity index (χ0n) is 12.7. The normalized spacial score (nSPS) is 17.3. The Hall–Kier alpha value is -1.11. The third-order valence-electron chi connectivity index (χ3n) is 3.67. The number of carbonyl (C=O) groups is 2. The first-order valence-electron chi connectivity index (χ1n) is 6.98. The van der Waals surface area contributed by atoms with Crippen LogP contribution in [0.25, 0.3) is 0 Å². The summed E-state index contributed by atoms with van der Waals surface area (Å²) < 4.78 is 0.925. The third kappa shape index (κ3) is 4.44. The van der Waals surface area contributed by atoms with E-state index in [1.54, 1.807) is 16.8 Å². The molecule has 1 atom stereocenters. The molecule has 7 heteroatoms. The summed E-state index contributed by atoms with van der Waals surface area (Å²) in [5.41, 5.74) is 0.836. The summed E-state index contributed by atoms with van der Waals surface area (Å²) in [4.78, 5) is 27.9. The second kappa shape index (κ2) is 8.50. The van der Waals surface area contributed by atoms with Crippen molar-refractivity contribution in [2.45, 2.75) is 6.42 Å². The van der Waals surface area contributed by atoms with Crippen molar-refractivity contribution in [2.24, 2.45) is 5.92 Å². The summed E-state index contributed by atoms with van der Waals surface area (Å²) in [5, 5.41) is 3.02. The van der Waals surface area contributed by atoms with E-state index in [1.807, 2.05) is 31.3 Å². The molecule has 2 rings (SSSR count). The predicted octanol–water partition coefficient (Wildman–Crippen LogP) is 1.90. The van der Waals surface area contributed by atoms with Crippen LogP contribution in [0.1, 0.15) is 6.42 Å². The van der Waals surface area contributed by atoms with Crippen LogP contribution in [0.15, 0.2) is 28.7 Å². The van der Waals surface area contributed by atoms with Crippen LogP contribution in [0.5, 0.6) is 0 Å². The number of nitrogens with zero attached hydrogens (tertiary/aromatic N) is 2. The van der Waals surface area contributed by atoms with Crippen molar-refractivity contribution in [3.63, 3.8) is 0 Å². The molecule has 1 saturated heterocycles. The summed E-state index contributed by atoms with van der Waals surface area (Å²) in [6, 6.07) is 7.59. The van der Waals surface area contributed by atoms with Gasteiger partial charge in [-0.25, -0.2) is 0 Å². The third-order valence-corrected chi connectivity index (χ3v) is 4.16. The molecule has 0 saturated carbocycles. The van der Waals surface area contributed by atoms with Crippen molar-refractivity contribution in [2.75, 3.05) is 38.6 Å². The Labute approximate surface area is 145 Å². The van der Waals surface area contributed by atoms with Gasteiger partial charge in [-0.2, -0.15) is 0 Å². The molecule has 1 aliphatic rings. The molecule has 1 N–H and O–H groups in total. The van der Waals surface area contributed by atoms with E-state index in [4.69, 9.17) is 0 Å². The molecule has 1 aromatic carbocycles. The predicted molar refractivity (Wildman–Crippen MR) is 93.4 cm³/mol. The van der Waals surface area contributed by atoms with Crippen molar-refractivity contribution in [3.8, 4) is 0 Å². The minimum absolute atomic E-state index is 0. The van der Waals surface area contributed by atoms with Gasteiger partial charge in [0.15, 0.2) is 0 Å². The fourth-order valence-electron chi connectivity index (χ4n) is 2.47. The Morgan fingerprint density at radius 3 is 2.86 bits per heavy atom. The fraction of sp³-hybridized carbons (Fsp3) is 0.467. The van der Waals surface area contributed by atoms with Crippen molar-refractivity contribution >= 4 is 45.8 Å². The van der Waals surface area contributed by atoms with E-state index in [9.17, 15) is 9.59 Å². The number of halogens is 2. The van der Waals surface area contributed by atoms with Gasteiger partial charge in [-0.05, 0) is 25.2 Å². The molecule has 22 heavy (non-hydrogen) atoms. The summed E-state index contributed by atoms with van der Waals surface area (Å²) >= 11 is 3.40. The van der Waals surface area contributed by atoms with E-state index in [1.165, 1.54) is 0 Å². The first-order chi connectivity index (χ1) is 10.0. The lowest BCUT2D eigenvalue weighted by Crippen LogP contribution is -2.38. The zero-order chi connectivity index (χ0) is 15.4. The number of anilines is 1. The van der Waals surface area contributed by atoms with Gasteiger partial charge in [-0.15, -0.1) is 12.4 Å². The highest BCUT2D eigenvalue weighted by Gasteiger charge is 2.36. The lowest BCUT2D eigenvalue weighted by atomic mass is 10.1. The zero-order valence-corrected chi connectivity index (χ0v) is 15.1. The van der Waals surface area contributed by atoms with Crippen LogP contribution in [0.3, 0.4) is 0 Å². The number of likely N-dealkylation sites (N-methyl/N-ethyl adjacent to an activating group) is 2. The SMILES string of the molecule is CNCCN(C)C(=O)C1CC(=O)N(c2cccc(Br)c2)C1.Cl. The average Bonchev–Trinajstić information content (AvgIpc) is 2.86. The van der Waals surface area contributed by atoms with Gasteiger partial charge in [0.2, 0.25) is 11.8 Å². The van der Waals surface area contributed by atoms with Gasteiger partial charge >= 0.3 is 0 Å². The molecular weight excluding hydrogens is 370 g/mol. The molecule has 1 aliphatic heterocycles. The Balaban J connectivity index is 0.00000242. The van der Waals surface area contributed by atoms with Gasteiger partial charge in [0.1, 0.15) is 0 Å². The van der Waals surface area contributed by atoms with E-state index >= 15 is 0 Å². The number of hydrogen-bond donors (Lipinski definition) is 1. The number of hydrogen-bond acceptors (Lipinski definition) is 3. The highest BCUT2D eigenvalue weighted by molar-refractivity contribution is 9.10. The minimum Gasteiger partial charge on any atom is -0.344 e. The van der Waals surface area contributed by atoms with Gasteiger partial charge in [-0.3, -0.25) is 9.59 Å². The second-order valence-corrected chi connectivity index (χ2v) is 6.16. The quantitative estimate of drug-likeness (QED) is 0.835. The lowest BCUT2D eigenvalue weighted by Gasteiger charge is -2.21. The topological polar surface area (TPSA) is 52.7 Å². The molecule has 122 valence electrons. The van der Waals surface area contributed by atoms with Crippen LogP contribution in [0, 0.1) is 5.92 Å². The average molecular weight is 391 g/mol. The van der Waals surface area contributed by atoms with Gasteiger partial charge in [0.05, 0.1) is 5.92 Å². The van der Waals surface area contributed by atoms with E-state index in [2.05, 4.69) is 21.2 Å². The number of nitrogens with one attached hydrogen (secondary N) is 1. The Kier molecular flexibility index (Phi) is 7.32. The summed E-state index contributed by atoms with van der Waals surface area (Å²) in [6.45, 7) is 1.85. The van der Waals surface area contributed by atoms with E-state index in [0.717, 1.165) is 16.7 Å². The highest BCUT2D eigenvalue weighted by atomic mass is 79.9. The summed E-state index contributed by atoms with van der Waals surface area (Å²) in [6.07, 6.45) is 0.287. The fourth-order valence-corrected chi connectivity index (χ4v) is 2.86. The molecule has 0 aliphatic carbocycles. The standard InChI is InChI=1S/C15H20BrN3O2.ClH/c1-17-6-7-18(2)15(21)11-8-14(20)19(10-11)13-5-3-4-12(16)9-13;/h3-5,9,11,17H,6-8,10H2,1-2H3;1H. The Morgan fingerprint density at radius 1 is 1.50 bits per heavy atom. The Morgan fingerprint density at radius 2 is 2.23 bits per heavy atom. The van der Waals surface area contributed by atoms with E-state index in [-0.39, 0.29) is 36.6 Å². The van der Waals surface area contributed by atoms with E-state index in [0.29, 0.717) is 13.1 Å². The van der Waals surface area contributed by atoms with Crippen molar-refractivity contribution in [3.05, 3.63) is 28.7 Å². The number of benzene rings is 1. The van der Waals surface area contributed by atoms with Crippen LogP contribution in [0.4, 0.5) is 5.69 Å². The van der Waals surface area contributed by atoms with Crippen LogP contribution >= 0.6 is 28.3 Å². The maximum Gasteiger partial charge on any atom is 0.227 e. The molecule has 0 aromatic heterocycles. The smallest absolute Gasteiger partial charge is 0.227 e. The minimum atomic E-state index is -0.252. The summed E-state index contributed by atoms with van der Waals surface area (Å²) in [7, 11) is 3.64. The lowest BCUT2D eigenvalue weighted by molar-refractivity contribution is -0.134. The van der Waals surface area contributed by atoms with Crippen LogP contribution < -0.4 is 10.2 Å². The van der Waals surface area contributed by atoms with Gasteiger partial charge in [0.25, 0.3) is 0 Å². The van der Waals surface area contributed by atoms with Gasteiger partial charge in [0, 0.05) is 43.3 Å². The molecule has 1 unspecified atom stereocenters. The number of amides is 2. The van der Waals surface area contributed by atoms with Crippen LogP contribution in [0.2, 0.25) is 0 Å². The maximum absolute atomic E-state index is 12.4. The summed E-state index contributed by atoms with van der Waals surface area (Å²) in [5.74, 6) is -0.206. The van der Waals surface area contributed by atoms with Gasteiger partial charge in [-0.1, -0.05) is 22.0 Å². The van der Waals surface area contributed by atoms with Crippen LogP contribution in [-0.2, 0) is 9.59 Å². The molecule has 1 aromatic rings. The molecule has 0 bridgehead atoms. The first kappa shape index (κ1) is 18.9. The maximum atomic E-state index is 12.4. The van der Waals surface area contributed by atoms with E-state index < -0.39 is 0 Å². The second-order valence-electron chi connectivity index (χ2n) is 5.25. The van der Waals surface area contributed by atoms with Crippen LogP contribution in [-0.4, -0.2) is 50.4 Å². The largest absolute Gasteiger partial charge is 0.344 e. The molecular formula is C15H21BrClN3O2. The molecule has 1 fully saturated rings. The monoisotopic (exact) mass is 389 g/mol. The molecule has 2 amide bonds. The first-order valence-corrected chi connectivity index (χ1v) is 7.77.